The molecule has 7 nitrogen and oxygen atoms in total. The van der Waals surface area contributed by atoms with Gasteiger partial charge < -0.3 is 24.0 Å². The molecular weight excluding hydrogens is 408 g/mol. The standard InChI is InChI=1S/C25H32N2O5/c1-17(26-12-10-25(4,32-23(26)29)16-24(2,3)30)18-5-7-19(8-6-18)20-9-11-27(22(28)13-20)21-14-31-15-21/h5-9,11,13,17,21,30H,10,12,14-16H2,1-4H3/t17-,25-/m0/s1. The average Bonchev–Trinajstić information content (AvgIpc) is 2.66. The maximum absolute atomic E-state index is 12.7. The average molecular weight is 441 g/mol. The van der Waals surface area contributed by atoms with Gasteiger partial charge in [0.25, 0.3) is 5.56 Å². The molecule has 32 heavy (non-hydrogen) atoms. The van der Waals surface area contributed by atoms with E-state index in [-0.39, 0.29) is 23.7 Å². The van der Waals surface area contributed by atoms with Crippen molar-refractivity contribution in [1.82, 2.24) is 9.47 Å². The second-order valence-electron chi connectivity index (χ2n) is 9.90. The van der Waals surface area contributed by atoms with Gasteiger partial charge in [0, 0.05) is 31.6 Å². The van der Waals surface area contributed by atoms with Crippen molar-refractivity contribution >= 4 is 6.09 Å². The van der Waals surface area contributed by atoms with E-state index in [4.69, 9.17) is 9.47 Å². The van der Waals surface area contributed by atoms with E-state index in [1.54, 1.807) is 29.4 Å². The maximum atomic E-state index is 12.7. The lowest BCUT2D eigenvalue weighted by Gasteiger charge is -2.43. The van der Waals surface area contributed by atoms with Crippen LogP contribution in [0.1, 0.15) is 58.2 Å². The Bertz CT molecular complexity index is 1040. The molecule has 2 atom stereocenters. The molecule has 0 spiro atoms. The molecule has 3 heterocycles. The first kappa shape index (κ1) is 22.6. The monoisotopic (exact) mass is 440 g/mol. The van der Waals surface area contributed by atoms with Crippen LogP contribution in [0.5, 0.6) is 0 Å². The summed E-state index contributed by atoms with van der Waals surface area (Å²) in [6.45, 7) is 9.06. The van der Waals surface area contributed by atoms with E-state index in [9.17, 15) is 14.7 Å². The molecule has 1 aromatic heterocycles. The first-order chi connectivity index (χ1) is 15.0. The predicted molar refractivity (Wildman–Crippen MR) is 122 cm³/mol. The van der Waals surface area contributed by atoms with Crippen molar-refractivity contribution in [1.29, 1.82) is 0 Å². The zero-order valence-electron chi connectivity index (χ0n) is 19.2. The number of pyridine rings is 1. The summed E-state index contributed by atoms with van der Waals surface area (Å²) >= 11 is 0. The van der Waals surface area contributed by atoms with E-state index in [2.05, 4.69) is 0 Å². The molecule has 7 heteroatoms. The molecule has 2 saturated heterocycles. The van der Waals surface area contributed by atoms with Crippen LogP contribution in [0.25, 0.3) is 11.1 Å². The molecule has 0 saturated carbocycles. The van der Waals surface area contributed by atoms with Gasteiger partial charge >= 0.3 is 6.09 Å². The number of aliphatic hydroxyl groups is 1. The highest BCUT2D eigenvalue weighted by Gasteiger charge is 2.41. The van der Waals surface area contributed by atoms with Gasteiger partial charge in [-0.25, -0.2) is 4.79 Å². The van der Waals surface area contributed by atoms with Gasteiger partial charge in [0.2, 0.25) is 0 Å². The third-order valence-corrected chi connectivity index (χ3v) is 6.41. The number of benzene rings is 1. The summed E-state index contributed by atoms with van der Waals surface area (Å²) in [5.41, 5.74) is 1.22. The second-order valence-corrected chi connectivity index (χ2v) is 9.90. The Morgan fingerprint density at radius 3 is 2.38 bits per heavy atom. The van der Waals surface area contributed by atoms with E-state index in [1.165, 1.54) is 0 Å². The summed E-state index contributed by atoms with van der Waals surface area (Å²) in [5.74, 6) is 0. The number of hydrogen-bond acceptors (Lipinski definition) is 5. The minimum absolute atomic E-state index is 0.0292. The van der Waals surface area contributed by atoms with Gasteiger partial charge in [-0.15, -0.1) is 0 Å². The van der Waals surface area contributed by atoms with Crippen molar-refractivity contribution in [2.75, 3.05) is 19.8 Å². The van der Waals surface area contributed by atoms with Crippen LogP contribution in [0.3, 0.4) is 0 Å². The first-order valence-electron chi connectivity index (χ1n) is 11.2. The van der Waals surface area contributed by atoms with Crippen LogP contribution in [0.4, 0.5) is 4.79 Å². The summed E-state index contributed by atoms with van der Waals surface area (Å²) < 4.78 is 12.6. The number of aromatic nitrogens is 1. The van der Waals surface area contributed by atoms with E-state index < -0.39 is 11.2 Å². The zero-order valence-corrected chi connectivity index (χ0v) is 19.2. The number of carbonyl (C=O) groups is 1. The quantitative estimate of drug-likeness (QED) is 0.737. The van der Waals surface area contributed by atoms with Crippen LogP contribution >= 0.6 is 0 Å². The lowest BCUT2D eigenvalue weighted by atomic mass is 9.87. The van der Waals surface area contributed by atoms with Gasteiger partial charge in [0.1, 0.15) is 5.60 Å². The molecule has 2 fully saturated rings. The number of cyclic esters (lactones) is 1. The highest BCUT2D eigenvalue weighted by atomic mass is 16.6. The lowest BCUT2D eigenvalue weighted by molar-refractivity contribution is -0.0859. The molecule has 0 bridgehead atoms. The summed E-state index contributed by atoms with van der Waals surface area (Å²) in [4.78, 5) is 26.9. The third kappa shape index (κ3) is 4.74. The summed E-state index contributed by atoms with van der Waals surface area (Å²) in [7, 11) is 0. The number of carbonyl (C=O) groups excluding carboxylic acids is 1. The molecule has 2 aromatic rings. The van der Waals surface area contributed by atoms with Crippen LogP contribution in [-0.4, -0.2) is 51.6 Å². The van der Waals surface area contributed by atoms with Gasteiger partial charge in [0.05, 0.1) is 30.9 Å². The van der Waals surface area contributed by atoms with E-state index in [1.807, 2.05) is 50.4 Å². The Kier molecular flexibility index (Phi) is 5.90. The predicted octanol–water partition coefficient (Wildman–Crippen LogP) is 3.91. The maximum Gasteiger partial charge on any atom is 0.410 e. The zero-order chi connectivity index (χ0) is 23.1. The van der Waals surface area contributed by atoms with Crippen molar-refractivity contribution in [3.63, 3.8) is 0 Å². The molecule has 4 rings (SSSR count). The number of rotatable bonds is 6. The lowest BCUT2D eigenvalue weighted by Crippen LogP contribution is -2.51. The van der Waals surface area contributed by atoms with Crippen molar-refractivity contribution in [2.45, 2.75) is 63.8 Å². The van der Waals surface area contributed by atoms with Crippen molar-refractivity contribution in [2.24, 2.45) is 0 Å². The largest absolute Gasteiger partial charge is 0.443 e. The SMILES string of the molecule is C[C@@H](c1ccc(-c2ccn(C3COC3)c(=O)c2)cc1)N1CC[C@@](C)(CC(C)(C)O)OC1=O. The molecule has 2 aliphatic rings. The van der Waals surface area contributed by atoms with Gasteiger partial charge in [-0.1, -0.05) is 24.3 Å². The normalized spacial score (nSPS) is 22.9. The molecule has 0 aliphatic carbocycles. The summed E-state index contributed by atoms with van der Waals surface area (Å²) in [6, 6.07) is 11.5. The second kappa shape index (κ2) is 8.37. The third-order valence-electron chi connectivity index (χ3n) is 6.41. The fourth-order valence-corrected chi connectivity index (χ4v) is 4.65. The molecule has 172 valence electrons. The Balaban J connectivity index is 1.44. The minimum atomic E-state index is -0.898. The summed E-state index contributed by atoms with van der Waals surface area (Å²) in [5, 5.41) is 10.1. The Morgan fingerprint density at radius 1 is 1.16 bits per heavy atom. The summed E-state index contributed by atoms with van der Waals surface area (Å²) in [6.07, 6.45) is 2.53. The minimum Gasteiger partial charge on any atom is -0.443 e. The number of amides is 1. The fraction of sp³-hybridized carbons (Fsp3) is 0.520. The van der Waals surface area contributed by atoms with E-state index >= 15 is 0 Å². The van der Waals surface area contributed by atoms with Gasteiger partial charge in [0.15, 0.2) is 0 Å². The van der Waals surface area contributed by atoms with Crippen molar-refractivity contribution in [3.8, 4) is 11.1 Å². The van der Waals surface area contributed by atoms with Gasteiger partial charge in [-0.2, -0.15) is 0 Å². The Hall–Kier alpha value is -2.64. The number of nitrogens with zero attached hydrogens (tertiary/aromatic N) is 2. The highest BCUT2D eigenvalue weighted by Crippen LogP contribution is 2.35. The van der Waals surface area contributed by atoms with Crippen LogP contribution in [0, 0.1) is 0 Å². The van der Waals surface area contributed by atoms with Gasteiger partial charge in [-0.05, 0) is 50.5 Å². The topological polar surface area (TPSA) is 81.0 Å². The van der Waals surface area contributed by atoms with Gasteiger partial charge in [-0.3, -0.25) is 4.79 Å². The molecule has 1 amide bonds. The molecule has 1 aromatic carbocycles. The first-order valence-corrected chi connectivity index (χ1v) is 11.2. The molecule has 1 N–H and O–H groups in total. The Morgan fingerprint density at radius 2 is 1.84 bits per heavy atom. The molecule has 2 aliphatic heterocycles. The fourth-order valence-electron chi connectivity index (χ4n) is 4.65. The van der Waals surface area contributed by atoms with E-state index in [0.29, 0.717) is 32.6 Å². The smallest absolute Gasteiger partial charge is 0.410 e. The Labute approximate surface area is 188 Å². The van der Waals surface area contributed by atoms with Crippen LogP contribution in [0.15, 0.2) is 47.4 Å². The number of ether oxygens (including phenoxy) is 2. The van der Waals surface area contributed by atoms with Crippen molar-refractivity contribution < 1.29 is 19.4 Å². The van der Waals surface area contributed by atoms with Crippen LogP contribution < -0.4 is 5.56 Å². The number of hydrogen-bond donors (Lipinski definition) is 1. The van der Waals surface area contributed by atoms with Crippen LogP contribution in [0.2, 0.25) is 0 Å². The highest BCUT2D eigenvalue weighted by molar-refractivity contribution is 5.70. The van der Waals surface area contributed by atoms with E-state index in [0.717, 1.165) is 16.7 Å². The molecular formula is C25H32N2O5. The molecule has 0 unspecified atom stereocenters. The van der Waals surface area contributed by atoms with Crippen LogP contribution in [-0.2, 0) is 9.47 Å². The molecule has 0 radical (unpaired) electrons. The van der Waals surface area contributed by atoms with Crippen molar-refractivity contribution in [3.05, 3.63) is 58.5 Å².